The number of hydrogen-bond donors (Lipinski definition) is 1. The Balaban J connectivity index is 1.86. The number of anilines is 1. The van der Waals surface area contributed by atoms with E-state index < -0.39 is 28.2 Å². The first-order valence-corrected chi connectivity index (χ1v) is 10.3. The maximum Gasteiger partial charge on any atom is 0.248 e. The molecule has 1 N–H and O–H groups in total. The number of rotatable bonds is 5. The van der Waals surface area contributed by atoms with Crippen LogP contribution in [0.3, 0.4) is 0 Å². The lowest BCUT2D eigenvalue weighted by atomic mass is 10.1. The lowest BCUT2D eigenvalue weighted by molar-refractivity contribution is 0.515. The molecular formula is C21H14ClF2N3O2S. The Morgan fingerprint density at radius 2 is 1.93 bits per heavy atom. The van der Waals surface area contributed by atoms with Crippen LogP contribution in [0.1, 0.15) is 5.56 Å². The number of aromatic amines is 1. The van der Waals surface area contributed by atoms with Gasteiger partial charge in [0.15, 0.2) is 22.6 Å². The van der Waals surface area contributed by atoms with Crippen LogP contribution in [-0.2, 0) is 17.5 Å². The molecular weight excluding hydrogens is 432 g/mol. The quantitative estimate of drug-likeness (QED) is 0.489. The molecule has 4 aromatic rings. The molecule has 4 rings (SSSR count). The summed E-state index contributed by atoms with van der Waals surface area (Å²) in [7, 11) is -1.71. The SMILES string of the molecule is O=c1cc(CN(c2cccc(Cl)c2)S(=O)c2cccnc2)c2ccc(F)c(F)c2[nH]1. The van der Waals surface area contributed by atoms with Crippen molar-refractivity contribution in [1.29, 1.82) is 0 Å². The molecule has 2 aromatic carbocycles. The number of fused-ring (bicyclic) bond motifs is 1. The van der Waals surface area contributed by atoms with Crippen molar-refractivity contribution in [3.63, 3.8) is 0 Å². The molecule has 0 amide bonds. The number of aromatic nitrogens is 2. The van der Waals surface area contributed by atoms with Crippen LogP contribution in [0.2, 0.25) is 5.02 Å². The van der Waals surface area contributed by atoms with Gasteiger partial charge in [-0.3, -0.25) is 14.1 Å². The molecule has 152 valence electrons. The average Bonchev–Trinajstić information content (AvgIpc) is 2.75. The van der Waals surface area contributed by atoms with Crippen LogP contribution in [-0.4, -0.2) is 14.2 Å². The minimum absolute atomic E-state index is 0.0205. The molecule has 0 spiro atoms. The van der Waals surface area contributed by atoms with Crippen LogP contribution < -0.4 is 9.86 Å². The van der Waals surface area contributed by atoms with Gasteiger partial charge in [-0.1, -0.05) is 17.7 Å². The number of benzene rings is 2. The number of H-pyrrole nitrogens is 1. The van der Waals surface area contributed by atoms with Crippen LogP contribution in [0.15, 0.2) is 76.7 Å². The Morgan fingerprint density at radius 1 is 1.10 bits per heavy atom. The maximum atomic E-state index is 14.3. The highest BCUT2D eigenvalue weighted by Gasteiger charge is 2.20. The summed E-state index contributed by atoms with van der Waals surface area (Å²) in [6.07, 6.45) is 3.03. The summed E-state index contributed by atoms with van der Waals surface area (Å²) in [6, 6.07) is 13.7. The van der Waals surface area contributed by atoms with Crippen molar-refractivity contribution >= 4 is 39.2 Å². The maximum absolute atomic E-state index is 14.3. The molecule has 5 nitrogen and oxygen atoms in total. The van der Waals surface area contributed by atoms with E-state index in [-0.39, 0.29) is 12.1 Å². The van der Waals surface area contributed by atoms with Gasteiger partial charge < -0.3 is 4.98 Å². The van der Waals surface area contributed by atoms with Gasteiger partial charge in [-0.05, 0) is 48.0 Å². The van der Waals surface area contributed by atoms with E-state index >= 15 is 0 Å². The number of nitrogens with zero attached hydrogens (tertiary/aromatic N) is 2. The Morgan fingerprint density at radius 3 is 2.67 bits per heavy atom. The van der Waals surface area contributed by atoms with Gasteiger partial charge in [-0.2, -0.15) is 0 Å². The largest absolute Gasteiger partial charge is 0.319 e. The van der Waals surface area contributed by atoms with E-state index in [0.717, 1.165) is 6.07 Å². The molecule has 0 saturated carbocycles. The lowest BCUT2D eigenvalue weighted by Crippen LogP contribution is -2.26. The van der Waals surface area contributed by atoms with Gasteiger partial charge >= 0.3 is 0 Å². The van der Waals surface area contributed by atoms with E-state index in [1.165, 1.54) is 22.6 Å². The zero-order valence-corrected chi connectivity index (χ0v) is 16.9. The Hall–Kier alpha value is -3.10. The second-order valence-electron chi connectivity index (χ2n) is 6.40. The van der Waals surface area contributed by atoms with Crippen LogP contribution in [0.25, 0.3) is 10.9 Å². The topological polar surface area (TPSA) is 66.1 Å². The zero-order chi connectivity index (χ0) is 21.3. The van der Waals surface area contributed by atoms with Crippen molar-refractivity contribution in [1.82, 2.24) is 9.97 Å². The Bertz CT molecular complexity index is 1310. The first kappa shape index (κ1) is 20.2. The summed E-state index contributed by atoms with van der Waals surface area (Å²) < 4.78 is 42.8. The van der Waals surface area contributed by atoms with Gasteiger partial charge in [0.1, 0.15) is 0 Å². The van der Waals surface area contributed by atoms with Crippen molar-refractivity contribution < 1.29 is 13.0 Å². The highest BCUT2D eigenvalue weighted by Crippen LogP contribution is 2.28. The summed E-state index contributed by atoms with van der Waals surface area (Å²) in [5.41, 5.74) is 0.0708. The first-order chi connectivity index (χ1) is 14.4. The fourth-order valence-electron chi connectivity index (χ4n) is 3.08. The third-order valence-corrected chi connectivity index (χ3v) is 6.06. The van der Waals surface area contributed by atoms with Gasteiger partial charge in [-0.15, -0.1) is 0 Å². The van der Waals surface area contributed by atoms with E-state index in [0.29, 0.717) is 26.6 Å². The average molecular weight is 446 g/mol. The summed E-state index contributed by atoms with van der Waals surface area (Å²) in [4.78, 5) is 18.9. The Kier molecular flexibility index (Phi) is 5.61. The van der Waals surface area contributed by atoms with Crippen molar-refractivity contribution in [2.24, 2.45) is 0 Å². The third kappa shape index (κ3) is 3.96. The highest BCUT2D eigenvalue weighted by atomic mass is 35.5. The third-order valence-electron chi connectivity index (χ3n) is 4.44. The fraction of sp³-hybridized carbons (Fsp3) is 0.0476. The predicted octanol–water partition coefficient (Wildman–Crippen LogP) is 4.58. The molecule has 0 aliphatic carbocycles. The zero-order valence-electron chi connectivity index (χ0n) is 15.3. The molecule has 0 saturated heterocycles. The van der Waals surface area contributed by atoms with Crippen molar-refractivity contribution in [3.05, 3.63) is 99.6 Å². The van der Waals surface area contributed by atoms with E-state index in [9.17, 15) is 17.8 Å². The summed E-state index contributed by atoms with van der Waals surface area (Å²) in [5, 5.41) is 0.744. The Labute approximate surface area is 177 Å². The van der Waals surface area contributed by atoms with Gasteiger partial charge in [0.25, 0.3) is 0 Å². The normalized spacial score (nSPS) is 12.1. The van der Waals surface area contributed by atoms with Crippen molar-refractivity contribution in [3.8, 4) is 0 Å². The minimum atomic E-state index is -1.71. The molecule has 0 bridgehead atoms. The number of nitrogens with one attached hydrogen (secondary N) is 1. The fourth-order valence-corrected chi connectivity index (χ4v) is 4.42. The van der Waals surface area contributed by atoms with Crippen molar-refractivity contribution in [2.45, 2.75) is 11.4 Å². The molecule has 2 heterocycles. The van der Waals surface area contributed by atoms with Gasteiger partial charge in [0.05, 0.1) is 22.6 Å². The van der Waals surface area contributed by atoms with Gasteiger partial charge in [0.2, 0.25) is 5.56 Å². The highest BCUT2D eigenvalue weighted by molar-refractivity contribution is 7.86. The monoisotopic (exact) mass is 445 g/mol. The molecule has 1 unspecified atom stereocenters. The minimum Gasteiger partial charge on any atom is -0.319 e. The van der Waals surface area contributed by atoms with E-state index in [2.05, 4.69) is 9.97 Å². The summed E-state index contributed by atoms with van der Waals surface area (Å²) in [5.74, 6) is -2.21. The number of halogens is 3. The summed E-state index contributed by atoms with van der Waals surface area (Å²) in [6.45, 7) is -0.0205. The van der Waals surface area contributed by atoms with Crippen LogP contribution in [0, 0.1) is 11.6 Å². The second-order valence-corrected chi connectivity index (χ2v) is 8.24. The molecule has 2 aromatic heterocycles. The lowest BCUT2D eigenvalue weighted by Gasteiger charge is -2.24. The number of pyridine rings is 2. The molecule has 0 aliphatic heterocycles. The molecule has 0 aliphatic rings. The number of hydrogen-bond acceptors (Lipinski definition) is 3. The first-order valence-electron chi connectivity index (χ1n) is 8.79. The molecule has 0 fully saturated rings. The molecule has 30 heavy (non-hydrogen) atoms. The standard InChI is InChI=1S/C21H14ClF2N3O2S/c22-14-3-1-4-15(10-14)27(30(29)16-5-2-8-25-11-16)12-13-9-19(28)26-21-17(13)6-7-18(23)20(21)24/h1-11H,12H2,(H,26,28). The van der Waals surface area contributed by atoms with E-state index in [4.69, 9.17) is 11.6 Å². The molecule has 0 radical (unpaired) electrons. The second kappa shape index (κ2) is 8.33. The van der Waals surface area contributed by atoms with Crippen LogP contribution in [0.4, 0.5) is 14.5 Å². The van der Waals surface area contributed by atoms with Crippen LogP contribution >= 0.6 is 11.6 Å². The molecule has 9 heteroatoms. The smallest absolute Gasteiger partial charge is 0.248 e. The van der Waals surface area contributed by atoms with Crippen molar-refractivity contribution in [2.75, 3.05) is 4.31 Å². The van der Waals surface area contributed by atoms with E-state index in [1.807, 2.05) is 0 Å². The summed E-state index contributed by atoms with van der Waals surface area (Å²) >= 11 is 6.12. The predicted molar refractivity (Wildman–Crippen MR) is 113 cm³/mol. The molecule has 1 atom stereocenters. The van der Waals surface area contributed by atoms with E-state index in [1.54, 1.807) is 42.6 Å². The van der Waals surface area contributed by atoms with Crippen LogP contribution in [0.5, 0.6) is 0 Å². The van der Waals surface area contributed by atoms with Gasteiger partial charge in [-0.25, -0.2) is 13.0 Å². The van der Waals surface area contributed by atoms with Gasteiger partial charge in [0, 0.05) is 28.9 Å².